The van der Waals surface area contributed by atoms with Crippen molar-refractivity contribution in [1.82, 2.24) is 0 Å². The number of aromatic carboxylic acids is 1. The molecule has 0 aromatic heterocycles. The van der Waals surface area contributed by atoms with Gasteiger partial charge in [-0.1, -0.05) is 42.5 Å². The number of carbonyl (C=O) groups is 1. The van der Waals surface area contributed by atoms with Gasteiger partial charge in [-0.15, -0.1) is 0 Å². The van der Waals surface area contributed by atoms with E-state index in [9.17, 15) is 4.79 Å². The van der Waals surface area contributed by atoms with Gasteiger partial charge in [0, 0.05) is 0 Å². The van der Waals surface area contributed by atoms with Crippen LogP contribution in [-0.4, -0.2) is 28.2 Å². The van der Waals surface area contributed by atoms with Crippen molar-refractivity contribution in [3.63, 3.8) is 0 Å². The fourth-order valence-corrected chi connectivity index (χ4v) is 1.77. The van der Waals surface area contributed by atoms with E-state index >= 15 is 0 Å². The average Bonchev–Trinajstić information content (AvgIpc) is 2.39. The molecule has 0 radical (unpaired) electrons. The van der Waals surface area contributed by atoms with Crippen LogP contribution in [0.3, 0.4) is 0 Å². The zero-order valence-corrected chi connectivity index (χ0v) is 9.45. The van der Waals surface area contributed by atoms with Crippen molar-refractivity contribution in [1.29, 1.82) is 0 Å². The summed E-state index contributed by atoms with van der Waals surface area (Å²) in [5.74, 6) is -1.10. The molecule has 0 aliphatic carbocycles. The van der Waals surface area contributed by atoms with Crippen molar-refractivity contribution in [3.05, 3.63) is 54.1 Å². The first-order valence-corrected chi connectivity index (χ1v) is 5.38. The Kier molecular flexibility index (Phi) is 3.46. The third kappa shape index (κ3) is 2.42. The molecule has 0 spiro atoms. The predicted octanol–water partition coefficient (Wildman–Crippen LogP) is 0.732. The molecule has 2 aromatic carbocycles. The summed E-state index contributed by atoms with van der Waals surface area (Å²) in [5, 5.41) is 27.3. The lowest BCUT2D eigenvalue weighted by Gasteiger charge is -2.08. The Morgan fingerprint density at radius 2 is 1.67 bits per heavy atom. The van der Waals surface area contributed by atoms with Crippen molar-refractivity contribution >= 4 is 18.6 Å². The molecule has 0 aliphatic rings. The molecule has 5 heteroatoms. The monoisotopic (exact) mass is 242 g/mol. The Bertz CT molecular complexity index is 566. The van der Waals surface area contributed by atoms with Gasteiger partial charge in [0.1, 0.15) is 0 Å². The van der Waals surface area contributed by atoms with Gasteiger partial charge in [-0.25, -0.2) is 4.79 Å². The molecule has 0 amide bonds. The lowest BCUT2D eigenvalue weighted by molar-refractivity contribution is 0.0698. The summed E-state index contributed by atoms with van der Waals surface area (Å²) in [6, 6.07) is 13.4. The normalized spacial score (nSPS) is 10.1. The number of hydrogen-bond donors (Lipinski definition) is 3. The minimum absolute atomic E-state index is 0.0480. The third-order valence-electron chi connectivity index (χ3n) is 2.66. The first-order valence-electron chi connectivity index (χ1n) is 5.38. The molecule has 0 bridgehead atoms. The predicted molar refractivity (Wildman–Crippen MR) is 68.7 cm³/mol. The van der Waals surface area contributed by atoms with Gasteiger partial charge in [-0.2, -0.15) is 0 Å². The summed E-state index contributed by atoms with van der Waals surface area (Å²) in [6.45, 7) is 0. The lowest BCUT2D eigenvalue weighted by atomic mass is 9.78. The van der Waals surface area contributed by atoms with Crippen LogP contribution in [0.5, 0.6) is 0 Å². The second kappa shape index (κ2) is 5.04. The van der Waals surface area contributed by atoms with Crippen LogP contribution in [0.25, 0.3) is 11.1 Å². The highest BCUT2D eigenvalue weighted by Crippen LogP contribution is 2.22. The van der Waals surface area contributed by atoms with Crippen molar-refractivity contribution in [2.75, 3.05) is 0 Å². The van der Waals surface area contributed by atoms with Gasteiger partial charge in [-0.05, 0) is 22.7 Å². The van der Waals surface area contributed by atoms with Crippen LogP contribution in [0.4, 0.5) is 0 Å². The molecule has 3 N–H and O–H groups in total. The van der Waals surface area contributed by atoms with Gasteiger partial charge in [0.05, 0.1) is 5.56 Å². The van der Waals surface area contributed by atoms with E-state index in [1.54, 1.807) is 18.2 Å². The summed E-state index contributed by atoms with van der Waals surface area (Å²) < 4.78 is 0. The Morgan fingerprint density at radius 3 is 2.22 bits per heavy atom. The van der Waals surface area contributed by atoms with Crippen LogP contribution in [0.15, 0.2) is 48.5 Å². The first-order chi connectivity index (χ1) is 8.59. The maximum atomic E-state index is 11.2. The molecular weight excluding hydrogens is 231 g/mol. The minimum Gasteiger partial charge on any atom is -0.478 e. The van der Waals surface area contributed by atoms with E-state index in [-0.39, 0.29) is 11.0 Å². The second-order valence-electron chi connectivity index (χ2n) is 3.85. The SMILES string of the molecule is O=C(O)c1cc(B(O)O)ccc1-c1ccccc1. The number of carboxylic acid groups (broad SMARTS) is 1. The van der Waals surface area contributed by atoms with Crippen molar-refractivity contribution < 1.29 is 19.9 Å². The van der Waals surface area contributed by atoms with Gasteiger partial charge in [0.2, 0.25) is 0 Å². The Morgan fingerprint density at radius 1 is 1.00 bits per heavy atom. The highest BCUT2D eigenvalue weighted by molar-refractivity contribution is 6.58. The molecule has 0 heterocycles. The third-order valence-corrected chi connectivity index (χ3v) is 2.66. The van der Waals surface area contributed by atoms with E-state index in [2.05, 4.69) is 0 Å². The summed E-state index contributed by atoms with van der Waals surface area (Å²) in [5.41, 5.74) is 1.53. The van der Waals surface area contributed by atoms with Gasteiger partial charge >= 0.3 is 13.1 Å². The molecular formula is C13H11BO4. The lowest BCUT2D eigenvalue weighted by Crippen LogP contribution is -2.30. The van der Waals surface area contributed by atoms with E-state index in [1.165, 1.54) is 12.1 Å². The van der Waals surface area contributed by atoms with E-state index < -0.39 is 13.1 Å². The molecule has 0 fully saturated rings. The molecule has 0 saturated carbocycles. The summed E-state index contributed by atoms with van der Waals surface area (Å²) >= 11 is 0. The molecule has 0 atom stereocenters. The molecule has 90 valence electrons. The maximum Gasteiger partial charge on any atom is 0.488 e. The Hall–Kier alpha value is -2.11. The summed E-state index contributed by atoms with van der Waals surface area (Å²) in [7, 11) is -1.67. The smallest absolute Gasteiger partial charge is 0.478 e. The fraction of sp³-hybridized carbons (Fsp3) is 0. The van der Waals surface area contributed by atoms with Crippen LogP contribution in [0.2, 0.25) is 0 Å². The summed E-state index contributed by atoms with van der Waals surface area (Å²) in [6.07, 6.45) is 0. The zero-order valence-electron chi connectivity index (χ0n) is 9.45. The molecule has 2 aromatic rings. The molecule has 2 rings (SSSR count). The van der Waals surface area contributed by atoms with E-state index in [0.29, 0.717) is 5.56 Å². The number of carboxylic acids is 1. The average molecular weight is 242 g/mol. The Labute approximate surface area is 104 Å². The number of benzene rings is 2. The van der Waals surface area contributed by atoms with E-state index in [1.807, 2.05) is 18.2 Å². The van der Waals surface area contributed by atoms with Gasteiger partial charge in [0.25, 0.3) is 0 Å². The topological polar surface area (TPSA) is 77.8 Å². The number of hydrogen-bond acceptors (Lipinski definition) is 3. The van der Waals surface area contributed by atoms with Crippen molar-refractivity contribution in [2.45, 2.75) is 0 Å². The van der Waals surface area contributed by atoms with Gasteiger partial charge in [-0.3, -0.25) is 0 Å². The van der Waals surface area contributed by atoms with Crippen LogP contribution >= 0.6 is 0 Å². The van der Waals surface area contributed by atoms with Crippen LogP contribution in [-0.2, 0) is 0 Å². The first kappa shape index (κ1) is 12.4. The van der Waals surface area contributed by atoms with Crippen LogP contribution in [0, 0.1) is 0 Å². The van der Waals surface area contributed by atoms with Gasteiger partial charge in [0.15, 0.2) is 0 Å². The van der Waals surface area contributed by atoms with Crippen molar-refractivity contribution in [3.8, 4) is 11.1 Å². The zero-order chi connectivity index (χ0) is 13.1. The molecule has 0 unspecified atom stereocenters. The van der Waals surface area contributed by atoms with Crippen LogP contribution < -0.4 is 5.46 Å². The molecule has 18 heavy (non-hydrogen) atoms. The minimum atomic E-state index is -1.67. The molecule has 0 saturated heterocycles. The largest absolute Gasteiger partial charge is 0.488 e. The molecule has 0 aliphatic heterocycles. The molecule has 4 nitrogen and oxygen atoms in total. The standard InChI is InChI=1S/C13H11BO4/c15-13(16)12-8-10(14(17)18)6-7-11(12)9-4-2-1-3-5-9/h1-8,17-18H,(H,15,16). The number of rotatable bonds is 3. The second-order valence-corrected chi connectivity index (χ2v) is 3.85. The van der Waals surface area contributed by atoms with Gasteiger partial charge < -0.3 is 15.2 Å². The Balaban J connectivity index is 2.58. The highest BCUT2D eigenvalue weighted by atomic mass is 16.4. The van der Waals surface area contributed by atoms with E-state index in [0.717, 1.165) is 5.56 Å². The van der Waals surface area contributed by atoms with Crippen molar-refractivity contribution in [2.24, 2.45) is 0 Å². The maximum absolute atomic E-state index is 11.2. The fourth-order valence-electron chi connectivity index (χ4n) is 1.77. The highest BCUT2D eigenvalue weighted by Gasteiger charge is 2.17. The van der Waals surface area contributed by atoms with E-state index in [4.69, 9.17) is 15.2 Å². The summed E-state index contributed by atoms with van der Waals surface area (Å²) in [4.78, 5) is 11.2. The van der Waals surface area contributed by atoms with Crippen LogP contribution in [0.1, 0.15) is 10.4 Å². The quantitative estimate of drug-likeness (QED) is 0.693.